The van der Waals surface area contributed by atoms with Crippen LogP contribution in [0.5, 0.6) is 0 Å². The van der Waals surface area contributed by atoms with Crippen LogP contribution in [0.3, 0.4) is 0 Å². The Labute approximate surface area is 182 Å². The van der Waals surface area contributed by atoms with Crippen LogP contribution in [-0.2, 0) is 4.79 Å². The number of hydrogen-bond acceptors (Lipinski definition) is 3. The standard InChI is InChI=1S/C25H31NO3S/c1-25(2)16-13-20(25)18(10-5-3-4-6-12-23(27)28)21(14-16)26-24(29)19-15-30-22-11-8-7-9-17(19)22/h3,5,7-9,11,15-16,18,20-21H,4,6,10,12-14H2,1-2H3,(H,26,29)(H,27,28)/t16-,18+,20+,21-/m1/s1. The van der Waals surface area contributed by atoms with Gasteiger partial charge < -0.3 is 10.4 Å². The van der Waals surface area contributed by atoms with Crippen LogP contribution in [0, 0.1) is 23.2 Å². The summed E-state index contributed by atoms with van der Waals surface area (Å²) in [5.74, 6) is 1.07. The lowest BCUT2D eigenvalue weighted by Gasteiger charge is -2.62. The van der Waals surface area contributed by atoms with Crippen LogP contribution in [0.2, 0.25) is 0 Å². The van der Waals surface area contributed by atoms with Gasteiger partial charge in [0.2, 0.25) is 0 Å². The number of allylic oxidation sites excluding steroid dienone is 2. The van der Waals surface area contributed by atoms with Gasteiger partial charge in [-0.1, -0.05) is 44.2 Å². The van der Waals surface area contributed by atoms with Crippen LogP contribution in [0.1, 0.15) is 62.7 Å². The molecule has 160 valence electrons. The Kier molecular flexibility index (Phi) is 6.01. The quantitative estimate of drug-likeness (QED) is 0.410. The van der Waals surface area contributed by atoms with E-state index in [0.29, 0.717) is 29.6 Å². The second kappa shape index (κ2) is 8.54. The number of thiophene rings is 1. The summed E-state index contributed by atoms with van der Waals surface area (Å²) in [6.45, 7) is 4.75. The zero-order valence-electron chi connectivity index (χ0n) is 17.8. The lowest BCUT2D eigenvalue weighted by atomic mass is 9.44. The molecule has 4 atom stereocenters. The Balaban J connectivity index is 1.43. The van der Waals surface area contributed by atoms with E-state index in [1.165, 1.54) is 6.42 Å². The minimum atomic E-state index is -0.735. The van der Waals surface area contributed by atoms with Crippen molar-refractivity contribution in [2.75, 3.05) is 0 Å². The first-order chi connectivity index (χ1) is 14.4. The lowest BCUT2D eigenvalue weighted by molar-refractivity contribution is -0.137. The van der Waals surface area contributed by atoms with Crippen molar-refractivity contribution >= 4 is 33.3 Å². The summed E-state index contributed by atoms with van der Waals surface area (Å²) in [6, 6.07) is 8.29. The number of nitrogens with one attached hydrogen (secondary N) is 1. The number of hydrogen-bond donors (Lipinski definition) is 2. The highest BCUT2D eigenvalue weighted by molar-refractivity contribution is 7.17. The number of amides is 1. The summed E-state index contributed by atoms with van der Waals surface area (Å²) in [7, 11) is 0. The topological polar surface area (TPSA) is 66.4 Å². The number of fused-ring (bicyclic) bond motifs is 3. The maximum atomic E-state index is 13.1. The molecule has 0 radical (unpaired) electrons. The molecule has 0 spiro atoms. The molecule has 2 bridgehead atoms. The summed E-state index contributed by atoms with van der Waals surface area (Å²) in [4.78, 5) is 23.8. The first-order valence-corrected chi connectivity index (χ1v) is 11.9. The molecule has 30 heavy (non-hydrogen) atoms. The molecule has 0 saturated heterocycles. The Morgan fingerprint density at radius 1 is 1.23 bits per heavy atom. The van der Waals surface area contributed by atoms with E-state index in [1.807, 2.05) is 23.6 Å². The molecule has 3 aliphatic rings. The van der Waals surface area contributed by atoms with Crippen LogP contribution in [0.25, 0.3) is 10.1 Å². The minimum Gasteiger partial charge on any atom is -0.481 e. The summed E-state index contributed by atoms with van der Waals surface area (Å²) in [5.41, 5.74) is 1.13. The molecular formula is C25H31NO3S. The van der Waals surface area contributed by atoms with Crippen molar-refractivity contribution in [3.63, 3.8) is 0 Å². The van der Waals surface area contributed by atoms with Gasteiger partial charge in [-0.2, -0.15) is 0 Å². The third-order valence-corrected chi connectivity index (χ3v) is 8.46. The second-order valence-corrected chi connectivity index (χ2v) is 10.4. The van der Waals surface area contributed by atoms with Crippen molar-refractivity contribution < 1.29 is 14.7 Å². The van der Waals surface area contributed by atoms with Crippen molar-refractivity contribution in [2.24, 2.45) is 23.2 Å². The largest absolute Gasteiger partial charge is 0.481 e. The van der Waals surface area contributed by atoms with Crippen LogP contribution in [0.4, 0.5) is 0 Å². The number of benzene rings is 1. The molecule has 1 heterocycles. The maximum Gasteiger partial charge on any atom is 0.303 e. The van der Waals surface area contributed by atoms with E-state index in [4.69, 9.17) is 5.11 Å². The van der Waals surface area contributed by atoms with Crippen molar-refractivity contribution in [3.8, 4) is 0 Å². The van der Waals surface area contributed by atoms with Crippen molar-refractivity contribution in [3.05, 3.63) is 47.4 Å². The minimum absolute atomic E-state index is 0.0481. The SMILES string of the molecule is CC1(C)[C@H]2C[C@@H](NC(=O)c3csc4ccccc34)[C@@H](CC=CCCCC(=O)O)[C@@H]1C2. The van der Waals surface area contributed by atoms with Gasteiger partial charge in [0, 0.05) is 27.9 Å². The Hall–Kier alpha value is -2.14. The van der Waals surface area contributed by atoms with Gasteiger partial charge in [-0.05, 0) is 61.3 Å². The number of rotatable bonds is 8. The third kappa shape index (κ3) is 4.04. The molecule has 1 aromatic heterocycles. The third-order valence-electron chi connectivity index (χ3n) is 7.50. The predicted octanol–water partition coefficient (Wildman–Crippen LogP) is 5.88. The average Bonchev–Trinajstić information content (AvgIpc) is 3.15. The molecule has 3 saturated carbocycles. The first-order valence-electron chi connectivity index (χ1n) is 11.0. The number of carboxylic acid groups (broad SMARTS) is 1. The molecule has 1 amide bonds. The molecule has 2 aromatic rings. The summed E-state index contributed by atoms with van der Waals surface area (Å²) >= 11 is 1.62. The molecule has 2 N–H and O–H groups in total. The smallest absolute Gasteiger partial charge is 0.303 e. The zero-order valence-corrected chi connectivity index (χ0v) is 18.6. The number of carbonyl (C=O) groups is 2. The fourth-order valence-corrected chi connectivity index (χ4v) is 6.52. The van der Waals surface area contributed by atoms with Gasteiger partial charge in [0.15, 0.2) is 0 Å². The summed E-state index contributed by atoms with van der Waals surface area (Å²) < 4.78 is 1.15. The molecule has 1 aromatic carbocycles. The van der Waals surface area contributed by atoms with E-state index in [9.17, 15) is 9.59 Å². The monoisotopic (exact) mass is 425 g/mol. The fraction of sp³-hybridized carbons (Fsp3) is 0.520. The van der Waals surface area contributed by atoms with Gasteiger partial charge in [-0.15, -0.1) is 11.3 Å². The fourth-order valence-electron chi connectivity index (χ4n) is 5.58. The van der Waals surface area contributed by atoms with Gasteiger partial charge in [-0.25, -0.2) is 0 Å². The highest BCUT2D eigenvalue weighted by atomic mass is 32.1. The highest BCUT2D eigenvalue weighted by Gasteiger charge is 2.57. The zero-order chi connectivity index (χ0) is 21.3. The van der Waals surface area contributed by atoms with Crippen LogP contribution in [-0.4, -0.2) is 23.0 Å². The van der Waals surface area contributed by atoms with Gasteiger partial charge in [-0.3, -0.25) is 9.59 Å². The number of carboxylic acids is 1. The molecule has 0 aliphatic heterocycles. The molecule has 3 fully saturated rings. The van der Waals surface area contributed by atoms with Crippen LogP contribution < -0.4 is 5.32 Å². The van der Waals surface area contributed by atoms with Gasteiger partial charge in [0.1, 0.15) is 0 Å². The van der Waals surface area contributed by atoms with E-state index in [1.54, 1.807) is 11.3 Å². The Morgan fingerprint density at radius 3 is 2.80 bits per heavy atom. The molecule has 0 unspecified atom stereocenters. The number of unbranched alkanes of at least 4 members (excludes halogenated alkanes) is 1. The van der Waals surface area contributed by atoms with E-state index in [0.717, 1.165) is 34.9 Å². The van der Waals surface area contributed by atoms with Gasteiger partial charge >= 0.3 is 5.97 Å². The first kappa shape index (κ1) is 21.1. The molecule has 5 rings (SSSR count). The van der Waals surface area contributed by atoms with E-state index in [2.05, 4.69) is 37.4 Å². The number of aliphatic carboxylic acids is 1. The van der Waals surface area contributed by atoms with Crippen LogP contribution in [0.15, 0.2) is 41.8 Å². The molecule has 3 aliphatic carbocycles. The highest BCUT2D eigenvalue weighted by Crippen LogP contribution is 2.62. The van der Waals surface area contributed by atoms with Crippen molar-refractivity contribution in [1.29, 1.82) is 0 Å². The maximum absolute atomic E-state index is 13.1. The lowest BCUT2D eigenvalue weighted by Crippen LogP contribution is -2.61. The summed E-state index contributed by atoms with van der Waals surface area (Å²) in [6.07, 6.45) is 9.29. The van der Waals surface area contributed by atoms with E-state index < -0.39 is 5.97 Å². The van der Waals surface area contributed by atoms with Crippen LogP contribution >= 0.6 is 11.3 Å². The van der Waals surface area contributed by atoms with Gasteiger partial charge in [0.05, 0.1) is 5.56 Å². The average molecular weight is 426 g/mol. The molecule has 4 nitrogen and oxygen atoms in total. The molecular weight excluding hydrogens is 394 g/mol. The second-order valence-electron chi connectivity index (χ2n) is 9.48. The van der Waals surface area contributed by atoms with E-state index in [-0.39, 0.29) is 18.4 Å². The Morgan fingerprint density at radius 2 is 2.03 bits per heavy atom. The molecule has 5 heteroatoms. The Bertz CT molecular complexity index is 960. The van der Waals surface area contributed by atoms with Crippen molar-refractivity contribution in [1.82, 2.24) is 5.32 Å². The van der Waals surface area contributed by atoms with Crippen molar-refractivity contribution in [2.45, 2.75) is 58.4 Å². The predicted molar refractivity (Wildman–Crippen MR) is 122 cm³/mol. The normalized spacial score (nSPS) is 27.1. The summed E-state index contributed by atoms with van der Waals surface area (Å²) in [5, 5.41) is 15.2. The van der Waals surface area contributed by atoms with E-state index >= 15 is 0 Å². The number of carbonyl (C=O) groups excluding carboxylic acids is 1. The van der Waals surface area contributed by atoms with Gasteiger partial charge in [0.25, 0.3) is 5.91 Å².